The number of anilines is 9. The van der Waals surface area contributed by atoms with Gasteiger partial charge in [0.2, 0.25) is 17.7 Å². The Kier molecular flexibility index (Phi) is 22.5. The van der Waals surface area contributed by atoms with Crippen LogP contribution in [-0.4, -0.2) is 130 Å². The molecule has 3 amide bonds. The van der Waals surface area contributed by atoms with Gasteiger partial charge in [-0.1, -0.05) is 34.0 Å². The Balaban J connectivity index is 0.000000153. The molecule has 9 heterocycles. The molecule has 3 fully saturated rings. The van der Waals surface area contributed by atoms with Gasteiger partial charge in [-0.2, -0.15) is 0 Å². The Morgan fingerprint density at radius 1 is 0.430 bits per heavy atom. The summed E-state index contributed by atoms with van der Waals surface area (Å²) in [7, 11) is 2.15. The van der Waals surface area contributed by atoms with E-state index in [1.54, 1.807) is 88.6 Å². The van der Waals surface area contributed by atoms with Crippen LogP contribution in [-0.2, 0) is 0 Å². The van der Waals surface area contributed by atoms with Crippen molar-refractivity contribution in [2.24, 2.45) is 17.2 Å². The summed E-state index contributed by atoms with van der Waals surface area (Å²) in [5.74, 6) is 0.497. The highest BCUT2D eigenvalue weighted by atomic mass is 32.1. The van der Waals surface area contributed by atoms with E-state index in [1.165, 1.54) is 66.1 Å². The summed E-state index contributed by atoms with van der Waals surface area (Å²) in [5, 5.41) is 21.3. The quantitative estimate of drug-likeness (QED) is 0.0390. The van der Waals surface area contributed by atoms with Crippen molar-refractivity contribution in [2.45, 2.75) is 113 Å². The first-order chi connectivity index (χ1) is 44.6. The van der Waals surface area contributed by atoms with Gasteiger partial charge in [0.25, 0.3) is 0 Å². The number of hydrogen-bond acceptors (Lipinski definition) is 25. The number of carbonyl (C=O) groups is 3. The summed E-state index contributed by atoms with van der Waals surface area (Å²) in [6.45, 7) is 26.2. The lowest BCUT2D eigenvalue weighted by Gasteiger charge is -2.32. The lowest BCUT2D eigenvalue weighted by atomic mass is 10.1. The molecular formula is C65H80N16O6S6. The molecule has 3 aliphatic rings. The molecule has 6 aromatic heterocycles. The van der Waals surface area contributed by atoms with Gasteiger partial charge in [-0.3, -0.25) is 14.4 Å². The molecule has 3 saturated heterocycles. The minimum absolute atomic E-state index is 0.000107. The summed E-state index contributed by atoms with van der Waals surface area (Å²) in [4.78, 5) is 76.2. The maximum atomic E-state index is 11.6. The first-order valence-electron chi connectivity index (χ1n) is 31.0. The van der Waals surface area contributed by atoms with Crippen molar-refractivity contribution in [3.8, 4) is 49.0 Å². The Hall–Kier alpha value is -7.99. The Labute approximate surface area is 566 Å². The molecule has 0 radical (unpaired) electrons. The second kappa shape index (κ2) is 30.8. The molecule has 0 unspecified atom stereocenters. The fraction of sp³-hybridized carbons (Fsp3) is 0.400. The van der Waals surface area contributed by atoms with Gasteiger partial charge in [0, 0.05) is 85.2 Å². The van der Waals surface area contributed by atoms with Crippen molar-refractivity contribution in [3.05, 3.63) is 105 Å². The molecule has 28 heteroatoms. The van der Waals surface area contributed by atoms with Crippen LogP contribution in [0.25, 0.3) is 31.7 Å². The van der Waals surface area contributed by atoms with Crippen LogP contribution in [0.15, 0.2) is 70.7 Å². The first kappa shape index (κ1) is 67.9. The third-order valence-electron chi connectivity index (χ3n) is 14.9. The second-order valence-electron chi connectivity index (χ2n) is 23.5. The Morgan fingerprint density at radius 2 is 0.720 bits per heavy atom. The summed E-state index contributed by atoms with van der Waals surface area (Å²) in [6.07, 6.45) is 6.20. The lowest BCUT2D eigenvalue weighted by molar-refractivity contribution is 0.0992. The third-order valence-corrected chi connectivity index (χ3v) is 20.9. The topological polar surface area (TPSA) is 283 Å². The monoisotopic (exact) mass is 1370 g/mol. The molecule has 0 bridgehead atoms. The van der Waals surface area contributed by atoms with Gasteiger partial charge < -0.3 is 67.0 Å². The molecule has 22 nitrogen and oxygen atoms in total. The number of carbonyl (C=O) groups excluding carboxylic acids is 3. The largest absolute Gasteiger partial charge is 0.489 e. The molecule has 0 spiro atoms. The summed E-state index contributed by atoms with van der Waals surface area (Å²) in [6, 6.07) is 15.4. The highest BCUT2D eigenvalue weighted by Crippen LogP contribution is 2.42. The van der Waals surface area contributed by atoms with Gasteiger partial charge in [-0.05, 0) is 156 Å². The maximum Gasteiger partial charge on any atom is 0.248 e. The van der Waals surface area contributed by atoms with Crippen LogP contribution >= 0.6 is 68.0 Å². The number of piperidine rings is 1. The Morgan fingerprint density at radius 3 is 1.01 bits per heavy atom. The van der Waals surface area contributed by atoms with Crippen molar-refractivity contribution in [2.75, 3.05) is 90.1 Å². The van der Waals surface area contributed by atoms with Crippen LogP contribution in [0.3, 0.4) is 0 Å². The number of likely N-dealkylation sites (N-methyl/N-ethyl adjacent to an activating group) is 1. The Bertz CT molecular complexity index is 4040. The van der Waals surface area contributed by atoms with E-state index < -0.39 is 17.7 Å². The number of rotatable bonds is 21. The number of aromatic nitrogens is 6. The van der Waals surface area contributed by atoms with Gasteiger partial charge in [0.1, 0.15) is 17.2 Å². The summed E-state index contributed by atoms with van der Waals surface area (Å²) in [5.41, 5.74) is 25.3. The summed E-state index contributed by atoms with van der Waals surface area (Å²) < 4.78 is 17.6. The maximum absolute atomic E-state index is 11.6. The van der Waals surface area contributed by atoms with E-state index in [-0.39, 0.29) is 18.3 Å². The number of ether oxygens (including phenoxy) is 3. The number of nitrogens with zero attached hydrogens (tertiary/aromatic N) is 10. The van der Waals surface area contributed by atoms with Gasteiger partial charge in [-0.25, -0.2) is 29.9 Å². The number of nitrogens with one attached hydrogen (secondary N) is 3. The van der Waals surface area contributed by atoms with E-state index in [0.29, 0.717) is 56.1 Å². The number of benzene rings is 3. The minimum Gasteiger partial charge on any atom is -0.489 e. The van der Waals surface area contributed by atoms with Gasteiger partial charge in [-0.15, -0.1) is 34.0 Å². The smallest absolute Gasteiger partial charge is 0.248 e. The van der Waals surface area contributed by atoms with Gasteiger partial charge in [0.15, 0.2) is 30.8 Å². The van der Waals surface area contributed by atoms with Crippen LogP contribution < -0.4 is 62.1 Å². The van der Waals surface area contributed by atoms with Gasteiger partial charge in [0.05, 0.1) is 84.2 Å². The fourth-order valence-corrected chi connectivity index (χ4v) is 15.9. The predicted molar refractivity (Wildman–Crippen MR) is 383 cm³/mol. The molecule has 9 aromatic rings. The molecule has 12 rings (SSSR count). The van der Waals surface area contributed by atoms with E-state index >= 15 is 0 Å². The standard InChI is InChI=1S/C22H28N6O2S2.C22H27N5O2S2.C21H25N5O2S2/c1-13(2)30-18-6-5-15(20(23)29)11-16(18)25-21-26-17(12-31-21)19-14(3)24-22(32-19)28-9-7-27(4)8-10-28;1-13(2)29-18-8-7-15(20(23)28)11-16(18)25-21-26-17(12-30-21)19-14(3)24-22(31-19)27-9-5-4-6-10-27;1-12(2)28-17-7-6-14(19(22)27)10-15(17)24-20-25-16(11-29-20)18-13(3)23-21(30-18)26-8-4-5-9-26/h5-6,11-13H,7-10H2,1-4H3,(H2,23,29)(H,25,26);7-8,11-13H,4-6,9-10H2,1-3H3,(H2,23,28)(H,25,26);6-7,10-12H,4-5,8-9H2,1-3H3,(H2,22,27)(H,24,25). The third kappa shape index (κ3) is 17.6. The molecule has 93 heavy (non-hydrogen) atoms. The fourth-order valence-electron chi connectivity index (χ4n) is 10.3. The van der Waals surface area contributed by atoms with Crippen LogP contribution in [0.5, 0.6) is 17.2 Å². The minimum atomic E-state index is -0.485. The highest BCUT2D eigenvalue weighted by Gasteiger charge is 2.25. The summed E-state index contributed by atoms with van der Waals surface area (Å²) >= 11 is 9.59. The van der Waals surface area contributed by atoms with E-state index in [4.69, 9.17) is 61.3 Å². The number of nitrogens with two attached hydrogens (primary N) is 3. The van der Waals surface area contributed by atoms with E-state index in [0.717, 1.165) is 127 Å². The molecule has 3 aliphatic heterocycles. The number of aryl methyl sites for hydroxylation is 3. The first-order valence-corrected chi connectivity index (χ1v) is 36.1. The SMILES string of the molecule is Cc1nc(N2CCCC2)sc1-c1csc(Nc2cc(C(N)=O)ccc2OC(C)C)n1.Cc1nc(N2CCCCC2)sc1-c1csc(Nc2cc(C(N)=O)ccc2OC(C)C)n1.Cc1nc(N2CCN(C)CC2)sc1-c1csc(Nc2cc(C(N)=O)ccc2OC(C)C)n1. The number of hydrogen-bond donors (Lipinski definition) is 6. The molecule has 0 aliphatic carbocycles. The zero-order valence-corrected chi connectivity index (χ0v) is 58.9. The normalized spacial score (nSPS) is 14.2. The molecule has 3 aromatic carbocycles. The van der Waals surface area contributed by atoms with E-state index in [9.17, 15) is 14.4 Å². The van der Waals surface area contributed by atoms with E-state index in [2.05, 4.69) is 42.6 Å². The van der Waals surface area contributed by atoms with E-state index in [1.807, 2.05) is 78.5 Å². The van der Waals surface area contributed by atoms with Crippen molar-refractivity contribution in [1.29, 1.82) is 0 Å². The molecule has 9 N–H and O–H groups in total. The number of piperazine rings is 1. The van der Waals surface area contributed by atoms with Crippen LogP contribution in [0, 0.1) is 20.8 Å². The number of primary amides is 3. The zero-order valence-electron chi connectivity index (χ0n) is 54.0. The lowest BCUT2D eigenvalue weighted by Crippen LogP contribution is -2.44. The predicted octanol–water partition coefficient (Wildman–Crippen LogP) is 14.0. The molecule has 492 valence electrons. The average molecular weight is 1370 g/mol. The van der Waals surface area contributed by atoms with Crippen molar-refractivity contribution in [3.63, 3.8) is 0 Å². The number of amides is 3. The van der Waals surface area contributed by atoms with Crippen molar-refractivity contribution >= 4 is 134 Å². The zero-order chi connectivity index (χ0) is 66.0. The highest BCUT2D eigenvalue weighted by molar-refractivity contribution is 7.21. The van der Waals surface area contributed by atoms with Crippen molar-refractivity contribution in [1.82, 2.24) is 34.8 Å². The second-order valence-corrected chi connectivity index (χ2v) is 29.0. The average Bonchev–Trinajstić information content (AvgIpc) is 1.51. The molecule has 0 atom stereocenters. The van der Waals surface area contributed by atoms with Crippen LogP contribution in [0.2, 0.25) is 0 Å². The van der Waals surface area contributed by atoms with Crippen molar-refractivity contribution < 1.29 is 28.6 Å². The number of thiazole rings is 6. The van der Waals surface area contributed by atoms with Gasteiger partial charge >= 0.3 is 0 Å². The van der Waals surface area contributed by atoms with Crippen LogP contribution in [0.4, 0.5) is 47.9 Å². The molecular weight excluding hydrogens is 1290 g/mol. The van der Waals surface area contributed by atoms with Crippen LogP contribution in [0.1, 0.15) is 122 Å². The molecule has 0 saturated carbocycles.